The molecule has 0 fully saturated rings. The van der Waals surface area contributed by atoms with Gasteiger partial charge in [0.1, 0.15) is 4.21 Å². The first-order valence-corrected chi connectivity index (χ1v) is 12.4. The minimum atomic E-state index is -3.71. The molecular weight excluding hydrogens is 504 g/mol. The SMILES string of the molecule is O=C(OCC(=O)N1CCc2ccccc21)c1ccc(NS(=O)(=O)c2ccc(Br)s2)cc1. The third-order valence-electron chi connectivity index (χ3n) is 4.70. The Bertz CT molecular complexity index is 1240. The minimum Gasteiger partial charge on any atom is -0.452 e. The molecule has 4 rings (SSSR count). The summed E-state index contributed by atoms with van der Waals surface area (Å²) in [6.07, 6.45) is 0.773. The summed E-state index contributed by atoms with van der Waals surface area (Å²) in [5.41, 5.74) is 2.47. The number of halogens is 1. The van der Waals surface area contributed by atoms with E-state index in [0.29, 0.717) is 16.0 Å². The summed E-state index contributed by atoms with van der Waals surface area (Å²) in [5, 5.41) is 0. The van der Waals surface area contributed by atoms with E-state index in [4.69, 9.17) is 4.74 Å². The van der Waals surface area contributed by atoms with E-state index in [-0.39, 0.29) is 22.3 Å². The van der Waals surface area contributed by atoms with Gasteiger partial charge in [0.25, 0.3) is 15.9 Å². The molecule has 0 spiro atoms. The Labute approximate surface area is 191 Å². The van der Waals surface area contributed by atoms with Crippen molar-refractivity contribution in [2.45, 2.75) is 10.6 Å². The highest BCUT2D eigenvalue weighted by Crippen LogP contribution is 2.28. The standard InChI is InChI=1S/C21H17BrN2O5S2/c22-18-9-10-20(30-18)31(27,28)23-16-7-5-15(6-8-16)21(26)29-13-19(25)24-12-11-14-3-1-2-4-17(14)24/h1-10,23H,11-13H2. The zero-order valence-corrected chi connectivity index (χ0v) is 19.3. The highest BCUT2D eigenvalue weighted by atomic mass is 79.9. The lowest BCUT2D eigenvalue weighted by molar-refractivity contribution is -0.121. The van der Waals surface area contributed by atoms with Gasteiger partial charge in [0.05, 0.1) is 9.35 Å². The zero-order valence-electron chi connectivity index (χ0n) is 16.1. The largest absolute Gasteiger partial charge is 0.452 e. The first-order chi connectivity index (χ1) is 14.8. The van der Waals surface area contributed by atoms with Crippen molar-refractivity contribution in [1.82, 2.24) is 0 Å². The number of nitrogens with one attached hydrogen (secondary N) is 1. The summed E-state index contributed by atoms with van der Waals surface area (Å²) in [5.74, 6) is -0.942. The summed E-state index contributed by atoms with van der Waals surface area (Å²) in [6.45, 7) is 0.195. The molecule has 3 aromatic rings. The van der Waals surface area contributed by atoms with Crippen LogP contribution in [-0.4, -0.2) is 33.4 Å². The fourth-order valence-electron chi connectivity index (χ4n) is 3.21. The van der Waals surface area contributed by atoms with Gasteiger partial charge in [-0.05, 0) is 70.4 Å². The second-order valence-corrected chi connectivity index (χ2v) is 11.1. The molecule has 0 bridgehead atoms. The van der Waals surface area contributed by atoms with Crippen molar-refractivity contribution in [1.29, 1.82) is 0 Å². The molecule has 2 aromatic carbocycles. The second kappa shape index (κ2) is 8.81. The molecule has 0 saturated carbocycles. The maximum absolute atomic E-state index is 12.5. The fraction of sp³-hybridized carbons (Fsp3) is 0.143. The van der Waals surface area contributed by atoms with Crippen molar-refractivity contribution in [3.05, 3.63) is 75.6 Å². The van der Waals surface area contributed by atoms with E-state index < -0.39 is 16.0 Å². The third-order valence-corrected chi connectivity index (χ3v) is 8.20. The van der Waals surface area contributed by atoms with Gasteiger partial charge in [-0.25, -0.2) is 13.2 Å². The van der Waals surface area contributed by atoms with Gasteiger partial charge in [0.2, 0.25) is 0 Å². The molecule has 0 radical (unpaired) electrons. The van der Waals surface area contributed by atoms with Gasteiger partial charge < -0.3 is 9.64 Å². The lowest BCUT2D eigenvalue weighted by atomic mass is 10.2. The van der Waals surface area contributed by atoms with E-state index in [1.165, 1.54) is 30.3 Å². The average Bonchev–Trinajstić information content (AvgIpc) is 3.39. The first-order valence-electron chi connectivity index (χ1n) is 9.27. The van der Waals surface area contributed by atoms with Crippen LogP contribution in [0.25, 0.3) is 0 Å². The number of carbonyl (C=O) groups is 2. The molecule has 1 N–H and O–H groups in total. The van der Waals surface area contributed by atoms with Gasteiger partial charge in [-0.3, -0.25) is 9.52 Å². The molecule has 0 unspecified atom stereocenters. The Kier molecular flexibility index (Phi) is 6.12. The topological polar surface area (TPSA) is 92.8 Å². The smallest absolute Gasteiger partial charge is 0.338 e. The number of fused-ring (bicyclic) bond motifs is 1. The minimum absolute atomic E-state index is 0.171. The Morgan fingerprint density at radius 2 is 1.81 bits per heavy atom. The van der Waals surface area contributed by atoms with E-state index >= 15 is 0 Å². The van der Waals surface area contributed by atoms with Gasteiger partial charge in [-0.2, -0.15) is 0 Å². The molecule has 31 heavy (non-hydrogen) atoms. The van der Waals surface area contributed by atoms with Crippen molar-refractivity contribution in [3.63, 3.8) is 0 Å². The van der Waals surface area contributed by atoms with Crippen molar-refractivity contribution in [3.8, 4) is 0 Å². The maximum atomic E-state index is 12.5. The van der Waals surface area contributed by atoms with Crippen LogP contribution in [0.15, 0.2) is 68.7 Å². The van der Waals surface area contributed by atoms with Crippen LogP contribution in [0.3, 0.4) is 0 Å². The zero-order chi connectivity index (χ0) is 22.0. The number of ether oxygens (including phenoxy) is 1. The number of anilines is 2. The second-order valence-electron chi connectivity index (χ2n) is 6.74. The van der Waals surface area contributed by atoms with Crippen LogP contribution in [0.5, 0.6) is 0 Å². The van der Waals surface area contributed by atoms with E-state index in [9.17, 15) is 18.0 Å². The van der Waals surface area contributed by atoms with Crippen molar-refractivity contribution in [2.24, 2.45) is 0 Å². The third kappa shape index (κ3) is 4.81. The monoisotopic (exact) mass is 520 g/mol. The molecule has 0 aliphatic carbocycles. The number of esters is 1. The summed E-state index contributed by atoms with van der Waals surface area (Å²) in [4.78, 5) is 26.4. The number of carbonyl (C=O) groups excluding carboxylic acids is 2. The normalized spacial score (nSPS) is 13.0. The maximum Gasteiger partial charge on any atom is 0.338 e. The number of thiophene rings is 1. The van der Waals surface area contributed by atoms with E-state index in [0.717, 1.165) is 29.0 Å². The fourth-order valence-corrected chi connectivity index (χ4v) is 6.28. The molecule has 1 aliphatic rings. The Hall–Kier alpha value is -2.69. The molecule has 1 amide bonds. The quantitative estimate of drug-likeness (QED) is 0.494. The van der Waals surface area contributed by atoms with E-state index in [1.54, 1.807) is 11.0 Å². The van der Waals surface area contributed by atoms with E-state index in [2.05, 4.69) is 20.7 Å². The van der Waals surface area contributed by atoms with Crippen LogP contribution in [0.2, 0.25) is 0 Å². The van der Waals surface area contributed by atoms with Gasteiger partial charge in [0.15, 0.2) is 6.61 Å². The number of hydrogen-bond donors (Lipinski definition) is 1. The first kappa shape index (κ1) is 21.5. The van der Waals surface area contributed by atoms with Gasteiger partial charge in [0, 0.05) is 17.9 Å². The van der Waals surface area contributed by atoms with Crippen LogP contribution in [-0.2, 0) is 26.0 Å². The summed E-state index contributed by atoms with van der Waals surface area (Å²) < 4.78 is 33.2. The summed E-state index contributed by atoms with van der Waals surface area (Å²) in [7, 11) is -3.71. The number of amides is 1. The van der Waals surface area contributed by atoms with Crippen LogP contribution in [0.4, 0.5) is 11.4 Å². The van der Waals surface area contributed by atoms with Crippen LogP contribution in [0, 0.1) is 0 Å². The molecule has 160 valence electrons. The summed E-state index contributed by atoms with van der Waals surface area (Å²) in [6, 6.07) is 16.6. The molecule has 0 atom stereocenters. The van der Waals surface area contributed by atoms with Gasteiger partial charge in [-0.15, -0.1) is 11.3 Å². The Morgan fingerprint density at radius 3 is 2.52 bits per heavy atom. The van der Waals surface area contributed by atoms with Crippen molar-refractivity contribution in [2.75, 3.05) is 22.8 Å². The molecular formula is C21H17BrN2O5S2. The average molecular weight is 521 g/mol. The van der Waals surface area contributed by atoms with E-state index in [1.807, 2.05) is 24.3 Å². The van der Waals surface area contributed by atoms with Crippen LogP contribution in [0.1, 0.15) is 15.9 Å². The molecule has 1 aromatic heterocycles. The predicted octanol–water partition coefficient (Wildman–Crippen LogP) is 4.06. The number of rotatable bonds is 6. The number of sulfonamides is 1. The highest BCUT2D eigenvalue weighted by molar-refractivity contribution is 9.11. The number of para-hydroxylation sites is 1. The van der Waals surface area contributed by atoms with Crippen LogP contribution < -0.4 is 9.62 Å². The van der Waals surface area contributed by atoms with Crippen LogP contribution >= 0.6 is 27.3 Å². The molecule has 1 aliphatic heterocycles. The molecule has 2 heterocycles. The lowest BCUT2D eigenvalue weighted by Crippen LogP contribution is -2.33. The molecule has 10 heteroatoms. The highest BCUT2D eigenvalue weighted by Gasteiger charge is 2.25. The van der Waals surface area contributed by atoms with Gasteiger partial charge >= 0.3 is 5.97 Å². The predicted molar refractivity (Wildman–Crippen MR) is 122 cm³/mol. The molecule has 0 saturated heterocycles. The Balaban J connectivity index is 1.35. The summed E-state index contributed by atoms with van der Waals surface area (Å²) >= 11 is 4.33. The van der Waals surface area contributed by atoms with Crippen molar-refractivity contribution >= 4 is 60.5 Å². The van der Waals surface area contributed by atoms with Gasteiger partial charge in [-0.1, -0.05) is 18.2 Å². The number of hydrogen-bond acceptors (Lipinski definition) is 6. The number of nitrogens with zero attached hydrogens (tertiary/aromatic N) is 1. The molecule has 7 nitrogen and oxygen atoms in total. The Morgan fingerprint density at radius 1 is 1.06 bits per heavy atom. The number of benzene rings is 2. The van der Waals surface area contributed by atoms with Crippen molar-refractivity contribution < 1.29 is 22.7 Å². The lowest BCUT2D eigenvalue weighted by Gasteiger charge is -2.17.